The highest BCUT2D eigenvalue weighted by atomic mass is 35.5. The summed E-state index contributed by atoms with van der Waals surface area (Å²) in [7, 11) is -1.41. The number of thiophene rings is 1. The van der Waals surface area contributed by atoms with Crippen molar-refractivity contribution in [3.05, 3.63) is 17.0 Å². The van der Waals surface area contributed by atoms with Gasteiger partial charge in [0.25, 0.3) is 10.0 Å². The second kappa shape index (κ2) is 9.50. The quantitative estimate of drug-likeness (QED) is 0.762. The van der Waals surface area contributed by atoms with Crippen LogP contribution in [0.15, 0.2) is 16.3 Å². The zero-order valence-corrected chi connectivity index (χ0v) is 17.6. The fourth-order valence-electron chi connectivity index (χ4n) is 3.58. The largest absolute Gasteiger partial charge is 0.342 e. The van der Waals surface area contributed by atoms with Crippen molar-refractivity contribution >= 4 is 39.7 Å². The zero-order chi connectivity index (χ0) is 17.9. The van der Waals surface area contributed by atoms with E-state index < -0.39 is 10.0 Å². The van der Waals surface area contributed by atoms with Crippen LogP contribution in [-0.2, 0) is 21.2 Å². The van der Waals surface area contributed by atoms with E-state index >= 15 is 0 Å². The molecule has 0 aromatic carbocycles. The molecule has 2 fully saturated rings. The third kappa shape index (κ3) is 4.98. The highest BCUT2D eigenvalue weighted by Crippen LogP contribution is 2.28. The number of sulfonamides is 1. The van der Waals surface area contributed by atoms with Crippen molar-refractivity contribution in [2.24, 2.45) is 5.92 Å². The molecule has 3 rings (SSSR count). The van der Waals surface area contributed by atoms with Gasteiger partial charge in [-0.25, -0.2) is 8.42 Å². The summed E-state index contributed by atoms with van der Waals surface area (Å²) in [6.45, 7) is 3.82. The Morgan fingerprint density at radius 3 is 2.46 bits per heavy atom. The lowest BCUT2D eigenvalue weighted by Crippen LogP contribution is -2.41. The molecule has 0 unspecified atom stereocenters. The molecule has 148 valence electrons. The van der Waals surface area contributed by atoms with Gasteiger partial charge in [0.2, 0.25) is 5.91 Å². The molecule has 6 nitrogen and oxygen atoms in total. The molecule has 2 saturated heterocycles. The molecular formula is C17H28ClN3O3S2. The fourth-order valence-corrected chi connectivity index (χ4v) is 6.60. The highest BCUT2D eigenvalue weighted by molar-refractivity contribution is 7.91. The number of carbonyl (C=O) groups excluding carboxylic acids is 1. The summed E-state index contributed by atoms with van der Waals surface area (Å²) in [5.74, 6) is 0.753. The number of halogens is 1. The lowest BCUT2D eigenvalue weighted by molar-refractivity contribution is -0.131. The van der Waals surface area contributed by atoms with Crippen molar-refractivity contribution in [1.29, 1.82) is 0 Å². The number of rotatable bonds is 6. The van der Waals surface area contributed by atoms with E-state index in [-0.39, 0.29) is 18.3 Å². The van der Waals surface area contributed by atoms with Gasteiger partial charge in [0.15, 0.2) is 0 Å². The molecule has 0 aliphatic carbocycles. The van der Waals surface area contributed by atoms with Crippen molar-refractivity contribution in [2.75, 3.05) is 39.8 Å². The molecule has 0 atom stereocenters. The number of likely N-dealkylation sites (tertiary alicyclic amines) is 1. The second-order valence-corrected chi connectivity index (χ2v) is 10.2. The number of nitrogens with one attached hydrogen (secondary N) is 1. The third-order valence-corrected chi connectivity index (χ3v) is 8.53. The highest BCUT2D eigenvalue weighted by Gasteiger charge is 2.29. The lowest BCUT2D eigenvalue weighted by Gasteiger charge is -2.31. The predicted molar refractivity (Wildman–Crippen MR) is 106 cm³/mol. The van der Waals surface area contributed by atoms with Crippen LogP contribution in [0.5, 0.6) is 0 Å². The minimum atomic E-state index is -3.37. The Morgan fingerprint density at radius 1 is 1.19 bits per heavy atom. The molecule has 26 heavy (non-hydrogen) atoms. The Kier molecular flexibility index (Phi) is 7.90. The molecule has 9 heteroatoms. The Labute approximate surface area is 166 Å². The van der Waals surface area contributed by atoms with Gasteiger partial charge in [-0.05, 0) is 57.3 Å². The smallest absolute Gasteiger partial charge is 0.252 e. The minimum Gasteiger partial charge on any atom is -0.342 e. The van der Waals surface area contributed by atoms with Gasteiger partial charge in [-0.2, -0.15) is 4.31 Å². The van der Waals surface area contributed by atoms with Crippen LogP contribution < -0.4 is 5.32 Å². The molecule has 1 N–H and O–H groups in total. The van der Waals surface area contributed by atoms with Gasteiger partial charge >= 0.3 is 0 Å². The van der Waals surface area contributed by atoms with E-state index in [1.165, 1.54) is 11.3 Å². The first-order valence-corrected chi connectivity index (χ1v) is 11.3. The molecule has 0 radical (unpaired) electrons. The Balaban J connectivity index is 0.00000243. The van der Waals surface area contributed by atoms with Crippen LogP contribution in [0, 0.1) is 5.92 Å². The summed E-state index contributed by atoms with van der Waals surface area (Å²) in [5, 5.41) is 3.20. The van der Waals surface area contributed by atoms with Crippen LogP contribution >= 0.6 is 23.7 Å². The summed E-state index contributed by atoms with van der Waals surface area (Å²) in [5.41, 5.74) is 0. The lowest BCUT2D eigenvalue weighted by atomic mass is 9.96. The van der Waals surface area contributed by atoms with E-state index in [9.17, 15) is 13.2 Å². The average molecular weight is 422 g/mol. The van der Waals surface area contributed by atoms with Gasteiger partial charge in [-0.3, -0.25) is 4.79 Å². The standard InChI is InChI=1S/C17H27N3O3S2.ClH/c1-18-13-14-6-10-19(11-7-14)16(21)12-15-4-5-17(24-15)25(22,23)20-8-2-3-9-20;/h4-5,14,18H,2-3,6-13H2,1H3;1H. The van der Waals surface area contributed by atoms with Crippen LogP contribution in [0.25, 0.3) is 0 Å². The van der Waals surface area contributed by atoms with Crippen molar-refractivity contribution in [2.45, 2.75) is 36.3 Å². The number of carbonyl (C=O) groups is 1. The number of piperidine rings is 1. The van der Waals surface area contributed by atoms with Crippen LogP contribution in [0.2, 0.25) is 0 Å². The fraction of sp³-hybridized carbons (Fsp3) is 0.706. The minimum absolute atomic E-state index is 0. The number of amides is 1. The van der Waals surface area contributed by atoms with Crippen molar-refractivity contribution in [1.82, 2.24) is 14.5 Å². The van der Waals surface area contributed by atoms with Crippen molar-refractivity contribution in [3.63, 3.8) is 0 Å². The van der Waals surface area contributed by atoms with E-state index in [1.807, 2.05) is 11.9 Å². The van der Waals surface area contributed by atoms with Crippen molar-refractivity contribution < 1.29 is 13.2 Å². The van der Waals surface area contributed by atoms with Gasteiger partial charge in [0.1, 0.15) is 4.21 Å². The van der Waals surface area contributed by atoms with E-state index in [2.05, 4.69) is 5.32 Å². The van der Waals surface area contributed by atoms with Crippen LogP contribution in [0.4, 0.5) is 0 Å². The molecule has 1 amide bonds. The van der Waals surface area contributed by atoms with Gasteiger partial charge in [-0.15, -0.1) is 23.7 Å². The number of hydrogen-bond donors (Lipinski definition) is 1. The van der Waals surface area contributed by atoms with Gasteiger partial charge in [-0.1, -0.05) is 0 Å². The van der Waals surface area contributed by atoms with Gasteiger partial charge in [0.05, 0.1) is 6.42 Å². The molecule has 2 aliphatic heterocycles. The maximum atomic E-state index is 12.6. The van der Waals surface area contributed by atoms with Gasteiger partial charge < -0.3 is 10.2 Å². The van der Waals surface area contributed by atoms with Crippen molar-refractivity contribution in [3.8, 4) is 0 Å². The first kappa shape index (κ1) is 21.6. The number of hydrogen-bond acceptors (Lipinski definition) is 5. The second-order valence-electron chi connectivity index (χ2n) is 6.89. The molecule has 1 aromatic heterocycles. The first-order valence-electron chi connectivity index (χ1n) is 9.02. The molecule has 2 aliphatic rings. The predicted octanol–water partition coefficient (Wildman–Crippen LogP) is 1.95. The summed E-state index contributed by atoms with van der Waals surface area (Å²) in [4.78, 5) is 15.3. The topological polar surface area (TPSA) is 69.7 Å². The summed E-state index contributed by atoms with van der Waals surface area (Å²) in [6.07, 6.45) is 4.23. The van der Waals surface area contributed by atoms with E-state index in [0.29, 0.717) is 29.6 Å². The maximum Gasteiger partial charge on any atom is 0.252 e. The monoisotopic (exact) mass is 421 g/mol. The molecule has 0 spiro atoms. The van der Waals surface area contributed by atoms with Crippen LogP contribution in [0.3, 0.4) is 0 Å². The number of nitrogens with zero attached hydrogens (tertiary/aromatic N) is 2. The summed E-state index contributed by atoms with van der Waals surface area (Å²) < 4.78 is 27.1. The van der Waals surface area contributed by atoms with E-state index in [4.69, 9.17) is 0 Å². The maximum absolute atomic E-state index is 12.6. The normalized spacial score (nSPS) is 19.5. The molecule has 0 saturated carbocycles. The average Bonchev–Trinajstić information content (AvgIpc) is 3.28. The van der Waals surface area contributed by atoms with E-state index in [1.54, 1.807) is 16.4 Å². The Morgan fingerprint density at radius 2 is 1.85 bits per heavy atom. The van der Waals surface area contributed by atoms with E-state index in [0.717, 1.165) is 50.2 Å². The Hall–Kier alpha value is -0.670. The van der Waals surface area contributed by atoms with Crippen LogP contribution in [0.1, 0.15) is 30.6 Å². The molecule has 1 aromatic rings. The third-order valence-electron chi connectivity index (χ3n) is 5.08. The zero-order valence-electron chi connectivity index (χ0n) is 15.1. The summed E-state index contributed by atoms with van der Waals surface area (Å²) in [6, 6.07) is 3.44. The molecule has 0 bridgehead atoms. The van der Waals surface area contributed by atoms with Gasteiger partial charge in [0, 0.05) is 31.1 Å². The Bertz CT molecular complexity index is 694. The molecule has 3 heterocycles. The SMILES string of the molecule is CNCC1CCN(C(=O)Cc2ccc(S(=O)(=O)N3CCCC3)s2)CC1.Cl. The first-order chi connectivity index (χ1) is 12.0. The molecular weight excluding hydrogens is 394 g/mol. The summed E-state index contributed by atoms with van der Waals surface area (Å²) >= 11 is 1.24. The van der Waals surface area contributed by atoms with Crippen LogP contribution in [-0.4, -0.2) is 63.3 Å².